The first-order chi connectivity index (χ1) is 8.49. The molecule has 98 valence electrons. The summed E-state index contributed by atoms with van der Waals surface area (Å²) >= 11 is 7.29. The number of nitrogens with zero attached hydrogens (tertiary/aromatic N) is 2. The molecule has 1 aliphatic heterocycles. The number of halogens is 1. The van der Waals surface area contributed by atoms with Crippen LogP contribution in [-0.4, -0.2) is 48.8 Å². The maximum atomic E-state index is 12.1. The molecule has 1 aromatic rings. The molecule has 4 nitrogen and oxygen atoms in total. The lowest BCUT2D eigenvalue weighted by atomic mass is 10.1. The Labute approximate surface area is 115 Å². The summed E-state index contributed by atoms with van der Waals surface area (Å²) in [5.41, 5.74) is 0. The number of thiophene rings is 1. The fourth-order valence-corrected chi connectivity index (χ4v) is 3.30. The smallest absolute Gasteiger partial charge is 0.265 e. The number of carbonyl (C=O) groups is 2. The van der Waals surface area contributed by atoms with Crippen molar-refractivity contribution in [2.75, 3.05) is 27.2 Å². The van der Waals surface area contributed by atoms with E-state index in [2.05, 4.69) is 0 Å². The van der Waals surface area contributed by atoms with Gasteiger partial charge in [-0.25, -0.2) is 0 Å². The van der Waals surface area contributed by atoms with Crippen molar-refractivity contribution in [3.05, 3.63) is 21.3 Å². The number of likely N-dealkylation sites (tertiary alicyclic amines) is 1. The molecular formula is C12H15ClN2O2S. The monoisotopic (exact) mass is 286 g/mol. The van der Waals surface area contributed by atoms with Gasteiger partial charge < -0.3 is 9.80 Å². The van der Waals surface area contributed by atoms with Crippen molar-refractivity contribution in [3.8, 4) is 0 Å². The van der Waals surface area contributed by atoms with Crippen LogP contribution >= 0.6 is 22.9 Å². The van der Waals surface area contributed by atoms with Crippen molar-refractivity contribution in [2.45, 2.75) is 6.42 Å². The molecule has 0 bridgehead atoms. The highest BCUT2D eigenvalue weighted by atomic mass is 35.5. The maximum Gasteiger partial charge on any atom is 0.265 e. The Morgan fingerprint density at radius 3 is 2.89 bits per heavy atom. The van der Waals surface area contributed by atoms with E-state index in [-0.39, 0.29) is 17.7 Å². The Hall–Kier alpha value is -1.07. The molecule has 1 fully saturated rings. The van der Waals surface area contributed by atoms with Crippen molar-refractivity contribution in [1.82, 2.24) is 9.80 Å². The van der Waals surface area contributed by atoms with Gasteiger partial charge in [-0.05, 0) is 11.4 Å². The second kappa shape index (κ2) is 5.28. The summed E-state index contributed by atoms with van der Waals surface area (Å²) in [5, 5.41) is 2.30. The molecule has 1 aliphatic rings. The van der Waals surface area contributed by atoms with E-state index in [0.717, 1.165) is 0 Å². The van der Waals surface area contributed by atoms with Crippen molar-refractivity contribution in [2.24, 2.45) is 5.92 Å². The lowest BCUT2D eigenvalue weighted by Gasteiger charge is -2.20. The molecule has 0 unspecified atom stereocenters. The lowest BCUT2D eigenvalue weighted by Crippen LogP contribution is -2.32. The number of hydrogen-bond acceptors (Lipinski definition) is 3. The van der Waals surface area contributed by atoms with Crippen LogP contribution in [-0.2, 0) is 4.79 Å². The molecule has 6 heteroatoms. The molecule has 0 saturated carbocycles. The Kier molecular flexibility index (Phi) is 3.92. The predicted octanol–water partition coefficient (Wildman–Crippen LogP) is 1.95. The van der Waals surface area contributed by atoms with Gasteiger partial charge in [0.1, 0.15) is 4.88 Å². The molecule has 2 amide bonds. The highest BCUT2D eigenvalue weighted by Crippen LogP contribution is 2.24. The first-order valence-corrected chi connectivity index (χ1v) is 6.97. The second-order valence-corrected chi connectivity index (χ2v) is 5.95. The van der Waals surface area contributed by atoms with E-state index in [4.69, 9.17) is 11.6 Å². The number of hydrogen-bond donors (Lipinski definition) is 0. The summed E-state index contributed by atoms with van der Waals surface area (Å²) in [6.45, 7) is 1.30. The van der Waals surface area contributed by atoms with E-state index in [9.17, 15) is 9.59 Å². The molecule has 1 aromatic heterocycles. The van der Waals surface area contributed by atoms with Crippen LogP contribution in [0.1, 0.15) is 16.1 Å². The van der Waals surface area contributed by atoms with E-state index < -0.39 is 0 Å². The van der Waals surface area contributed by atoms with Gasteiger partial charge in [0, 0.05) is 39.5 Å². The van der Waals surface area contributed by atoms with E-state index in [1.165, 1.54) is 11.3 Å². The Morgan fingerprint density at radius 2 is 2.39 bits per heavy atom. The van der Waals surface area contributed by atoms with Gasteiger partial charge in [0.25, 0.3) is 5.91 Å². The first kappa shape index (κ1) is 13.4. The topological polar surface area (TPSA) is 40.6 Å². The third kappa shape index (κ3) is 2.67. The fourth-order valence-electron chi connectivity index (χ4n) is 2.17. The normalized spacial score (nSPS) is 19.4. The molecule has 1 saturated heterocycles. The minimum atomic E-state index is -0.0722. The maximum absolute atomic E-state index is 12.1. The average Bonchev–Trinajstić information content (AvgIpc) is 2.85. The second-order valence-electron chi connectivity index (χ2n) is 4.63. The van der Waals surface area contributed by atoms with E-state index in [1.807, 2.05) is 0 Å². The Balaban J connectivity index is 1.97. The molecule has 0 aromatic carbocycles. The largest absolute Gasteiger partial charge is 0.345 e. The van der Waals surface area contributed by atoms with Gasteiger partial charge in [0.05, 0.1) is 5.02 Å². The van der Waals surface area contributed by atoms with Crippen LogP contribution in [0.2, 0.25) is 5.02 Å². The van der Waals surface area contributed by atoms with Gasteiger partial charge in [-0.3, -0.25) is 9.59 Å². The lowest BCUT2D eigenvalue weighted by molar-refractivity contribution is -0.126. The zero-order valence-electron chi connectivity index (χ0n) is 10.4. The average molecular weight is 287 g/mol. The SMILES string of the molecule is CN1C[C@H](CN(C)C(=O)c2sccc2Cl)CC1=O. The first-order valence-electron chi connectivity index (χ1n) is 5.71. The summed E-state index contributed by atoms with van der Waals surface area (Å²) in [4.78, 5) is 27.5. The molecule has 0 spiro atoms. The molecule has 2 rings (SSSR count). The van der Waals surface area contributed by atoms with Gasteiger partial charge in [-0.2, -0.15) is 0 Å². The zero-order valence-corrected chi connectivity index (χ0v) is 11.9. The highest BCUT2D eigenvalue weighted by Gasteiger charge is 2.29. The van der Waals surface area contributed by atoms with Crippen LogP contribution in [0.4, 0.5) is 0 Å². The Morgan fingerprint density at radius 1 is 1.67 bits per heavy atom. The fraction of sp³-hybridized carbons (Fsp3) is 0.500. The van der Waals surface area contributed by atoms with Crippen LogP contribution in [0.5, 0.6) is 0 Å². The molecule has 18 heavy (non-hydrogen) atoms. The standard InChI is InChI=1S/C12H15ClN2O2S/c1-14-6-8(5-10(14)16)7-15(2)12(17)11-9(13)3-4-18-11/h3-4,8H,5-7H2,1-2H3/t8-/m1/s1. The molecule has 0 aliphatic carbocycles. The van der Waals surface area contributed by atoms with Gasteiger partial charge in [-0.1, -0.05) is 11.6 Å². The van der Waals surface area contributed by atoms with Crippen molar-refractivity contribution in [3.63, 3.8) is 0 Å². The number of rotatable bonds is 3. The minimum Gasteiger partial charge on any atom is -0.345 e. The number of carbonyl (C=O) groups excluding carboxylic acids is 2. The van der Waals surface area contributed by atoms with Crippen LogP contribution in [0.15, 0.2) is 11.4 Å². The highest BCUT2D eigenvalue weighted by molar-refractivity contribution is 7.12. The third-order valence-corrected chi connectivity index (χ3v) is 4.44. The van der Waals surface area contributed by atoms with Crippen LogP contribution in [0.25, 0.3) is 0 Å². The molecule has 0 radical (unpaired) electrons. The molecule has 1 atom stereocenters. The summed E-state index contributed by atoms with van der Waals surface area (Å²) in [5.74, 6) is 0.294. The summed E-state index contributed by atoms with van der Waals surface area (Å²) in [6.07, 6.45) is 0.520. The minimum absolute atomic E-state index is 0.0722. The molecular weight excluding hydrogens is 272 g/mol. The van der Waals surface area contributed by atoms with Gasteiger partial charge >= 0.3 is 0 Å². The van der Waals surface area contributed by atoms with E-state index in [0.29, 0.717) is 29.4 Å². The summed E-state index contributed by atoms with van der Waals surface area (Å²) in [7, 11) is 3.54. The van der Waals surface area contributed by atoms with Crippen molar-refractivity contribution in [1.29, 1.82) is 0 Å². The van der Waals surface area contributed by atoms with Gasteiger partial charge in [-0.15, -0.1) is 11.3 Å². The van der Waals surface area contributed by atoms with Crippen LogP contribution in [0.3, 0.4) is 0 Å². The molecule has 2 heterocycles. The number of amides is 2. The van der Waals surface area contributed by atoms with Crippen LogP contribution in [0, 0.1) is 5.92 Å². The van der Waals surface area contributed by atoms with Crippen LogP contribution < -0.4 is 0 Å². The van der Waals surface area contributed by atoms with E-state index >= 15 is 0 Å². The predicted molar refractivity (Wildman–Crippen MR) is 72.0 cm³/mol. The van der Waals surface area contributed by atoms with Gasteiger partial charge in [0.2, 0.25) is 5.91 Å². The summed E-state index contributed by atoms with van der Waals surface area (Å²) in [6, 6.07) is 1.72. The third-order valence-electron chi connectivity index (χ3n) is 3.11. The Bertz CT molecular complexity index is 474. The summed E-state index contributed by atoms with van der Waals surface area (Å²) < 4.78 is 0. The van der Waals surface area contributed by atoms with Crippen molar-refractivity contribution < 1.29 is 9.59 Å². The molecule has 0 N–H and O–H groups in total. The van der Waals surface area contributed by atoms with E-state index in [1.54, 1.807) is 35.3 Å². The van der Waals surface area contributed by atoms with Crippen molar-refractivity contribution >= 4 is 34.8 Å². The van der Waals surface area contributed by atoms with Gasteiger partial charge in [0.15, 0.2) is 0 Å². The quantitative estimate of drug-likeness (QED) is 0.852. The zero-order chi connectivity index (χ0) is 13.3.